The lowest BCUT2D eigenvalue weighted by atomic mass is 9.79. The second kappa shape index (κ2) is 6.90. The molecule has 1 aromatic carbocycles. The molecule has 0 amide bonds. The highest BCUT2D eigenvalue weighted by atomic mass is 16.3. The summed E-state index contributed by atoms with van der Waals surface area (Å²) in [7, 11) is 0. The number of anilines is 1. The minimum atomic E-state index is -0.507. The largest absolute Gasteiger partial charge is 0.390 e. The molecular formula is C21H32N2O2. The second-order valence-corrected chi connectivity index (χ2v) is 8.52. The number of nitrogens with zero attached hydrogens (tertiary/aromatic N) is 2. The third-order valence-corrected chi connectivity index (χ3v) is 7.03. The molecule has 1 saturated carbocycles. The van der Waals surface area contributed by atoms with Gasteiger partial charge in [0.25, 0.3) is 0 Å². The Bertz CT molecular complexity index is 594. The lowest BCUT2D eigenvalue weighted by molar-refractivity contribution is -0.0372. The fourth-order valence-corrected chi connectivity index (χ4v) is 5.29. The molecule has 2 heterocycles. The average molecular weight is 344 g/mol. The van der Waals surface area contributed by atoms with Gasteiger partial charge in [0.1, 0.15) is 0 Å². The van der Waals surface area contributed by atoms with Crippen molar-refractivity contribution in [1.82, 2.24) is 4.90 Å². The summed E-state index contributed by atoms with van der Waals surface area (Å²) in [5.74, 6) is 1.16. The van der Waals surface area contributed by atoms with Gasteiger partial charge in [-0.3, -0.25) is 4.90 Å². The van der Waals surface area contributed by atoms with Crippen LogP contribution >= 0.6 is 0 Å². The van der Waals surface area contributed by atoms with Crippen molar-refractivity contribution >= 4 is 5.69 Å². The molecule has 0 aromatic heterocycles. The Kier molecular flexibility index (Phi) is 4.78. The Morgan fingerprint density at radius 2 is 1.52 bits per heavy atom. The Balaban J connectivity index is 1.36. The zero-order chi connectivity index (χ0) is 17.6. The van der Waals surface area contributed by atoms with Crippen molar-refractivity contribution in [2.45, 2.75) is 57.8 Å². The molecule has 3 fully saturated rings. The summed E-state index contributed by atoms with van der Waals surface area (Å²) in [6.45, 7) is 8.92. The Labute approximate surface area is 151 Å². The van der Waals surface area contributed by atoms with Gasteiger partial charge >= 0.3 is 0 Å². The lowest BCUT2D eigenvalue weighted by Gasteiger charge is -2.38. The van der Waals surface area contributed by atoms with Gasteiger partial charge < -0.3 is 15.1 Å². The number of hydrogen-bond acceptors (Lipinski definition) is 4. The van der Waals surface area contributed by atoms with E-state index in [1.807, 2.05) is 0 Å². The van der Waals surface area contributed by atoms with Crippen LogP contribution in [0.5, 0.6) is 0 Å². The first kappa shape index (κ1) is 17.3. The molecule has 0 spiro atoms. The third-order valence-electron chi connectivity index (χ3n) is 7.03. The monoisotopic (exact) mass is 344 g/mol. The van der Waals surface area contributed by atoms with Crippen molar-refractivity contribution in [2.24, 2.45) is 11.8 Å². The molecule has 25 heavy (non-hydrogen) atoms. The van der Waals surface area contributed by atoms with Crippen LogP contribution in [-0.2, 0) is 0 Å². The Hall–Kier alpha value is -1.10. The van der Waals surface area contributed by atoms with Crippen molar-refractivity contribution in [2.75, 3.05) is 31.1 Å². The first-order valence-corrected chi connectivity index (χ1v) is 9.94. The second-order valence-electron chi connectivity index (χ2n) is 8.52. The predicted molar refractivity (Wildman–Crippen MR) is 101 cm³/mol. The molecule has 0 bridgehead atoms. The summed E-state index contributed by atoms with van der Waals surface area (Å²) in [4.78, 5) is 5.20. The van der Waals surface area contributed by atoms with Gasteiger partial charge in [0, 0.05) is 37.9 Å². The number of aliphatic hydroxyl groups excluding tert-OH is 2. The van der Waals surface area contributed by atoms with Crippen molar-refractivity contribution in [3.8, 4) is 0 Å². The number of piperidine rings is 1. The van der Waals surface area contributed by atoms with Crippen LogP contribution in [0.3, 0.4) is 0 Å². The number of aryl methyl sites for hydroxylation is 1. The van der Waals surface area contributed by atoms with Crippen molar-refractivity contribution in [3.63, 3.8) is 0 Å². The van der Waals surface area contributed by atoms with Crippen molar-refractivity contribution < 1.29 is 10.2 Å². The third kappa shape index (κ3) is 3.32. The molecule has 0 radical (unpaired) electrons. The summed E-state index contributed by atoms with van der Waals surface area (Å²) in [5.41, 5.74) is 4.19. The predicted octanol–water partition coefficient (Wildman–Crippen LogP) is 2.34. The zero-order valence-corrected chi connectivity index (χ0v) is 15.6. The lowest BCUT2D eigenvalue weighted by Crippen LogP contribution is -2.44. The molecule has 2 saturated heterocycles. The number of hydrogen-bond donors (Lipinski definition) is 2. The molecule has 4 rings (SSSR count). The Morgan fingerprint density at radius 3 is 2.12 bits per heavy atom. The maximum Gasteiger partial charge on any atom is 0.0802 e. The van der Waals surface area contributed by atoms with Gasteiger partial charge in [-0.1, -0.05) is 12.1 Å². The zero-order valence-electron chi connectivity index (χ0n) is 15.6. The van der Waals surface area contributed by atoms with E-state index in [1.54, 1.807) is 0 Å². The van der Waals surface area contributed by atoms with Crippen molar-refractivity contribution in [3.05, 3.63) is 29.3 Å². The van der Waals surface area contributed by atoms with Crippen LogP contribution in [0.15, 0.2) is 18.2 Å². The number of aliphatic hydroxyl groups is 2. The molecule has 3 aliphatic rings. The van der Waals surface area contributed by atoms with Gasteiger partial charge in [0.05, 0.1) is 12.2 Å². The summed E-state index contributed by atoms with van der Waals surface area (Å²) in [6.07, 6.45) is 2.99. The maximum atomic E-state index is 9.96. The van der Waals surface area contributed by atoms with E-state index in [4.69, 9.17) is 0 Å². The highest BCUT2D eigenvalue weighted by molar-refractivity contribution is 5.56. The maximum absolute atomic E-state index is 9.96. The van der Waals surface area contributed by atoms with E-state index in [1.165, 1.54) is 29.7 Å². The number of fused-ring (bicyclic) bond motifs is 1. The van der Waals surface area contributed by atoms with Gasteiger partial charge in [-0.15, -0.1) is 0 Å². The normalized spacial score (nSPS) is 34.3. The van der Waals surface area contributed by atoms with E-state index >= 15 is 0 Å². The van der Waals surface area contributed by atoms with Crippen LogP contribution in [0, 0.1) is 25.7 Å². The summed E-state index contributed by atoms with van der Waals surface area (Å²) < 4.78 is 0. The van der Waals surface area contributed by atoms with E-state index in [2.05, 4.69) is 41.8 Å². The SMILES string of the molecule is Cc1cccc(N2CCC(N3C[C@H]4C[C@H](O)[C@H](O)C[C@H]4C3)CC2)c1C. The van der Waals surface area contributed by atoms with E-state index in [0.29, 0.717) is 17.9 Å². The molecule has 138 valence electrons. The van der Waals surface area contributed by atoms with Crippen LogP contribution in [0.2, 0.25) is 0 Å². The van der Waals surface area contributed by atoms with Crippen molar-refractivity contribution in [1.29, 1.82) is 0 Å². The minimum Gasteiger partial charge on any atom is -0.390 e. The highest BCUT2D eigenvalue weighted by Crippen LogP contribution is 2.38. The van der Waals surface area contributed by atoms with E-state index < -0.39 is 12.2 Å². The molecule has 2 aliphatic heterocycles. The highest BCUT2D eigenvalue weighted by Gasteiger charge is 2.43. The summed E-state index contributed by atoms with van der Waals surface area (Å²) in [6, 6.07) is 7.29. The first-order valence-electron chi connectivity index (χ1n) is 9.94. The Morgan fingerprint density at radius 1 is 0.920 bits per heavy atom. The van der Waals surface area contributed by atoms with E-state index in [0.717, 1.165) is 39.0 Å². The first-order chi connectivity index (χ1) is 12.0. The van der Waals surface area contributed by atoms with Gasteiger partial charge in [-0.2, -0.15) is 0 Å². The van der Waals surface area contributed by atoms with Crippen LogP contribution in [0.25, 0.3) is 0 Å². The molecule has 2 N–H and O–H groups in total. The van der Waals surface area contributed by atoms with Crippen LogP contribution in [0.4, 0.5) is 5.69 Å². The van der Waals surface area contributed by atoms with Gasteiger partial charge in [0.2, 0.25) is 0 Å². The van der Waals surface area contributed by atoms with Gasteiger partial charge in [0.15, 0.2) is 0 Å². The number of likely N-dealkylation sites (tertiary alicyclic amines) is 1. The molecule has 1 aliphatic carbocycles. The van der Waals surface area contributed by atoms with Gasteiger partial charge in [-0.25, -0.2) is 0 Å². The fourth-order valence-electron chi connectivity index (χ4n) is 5.29. The van der Waals surface area contributed by atoms with Gasteiger partial charge in [-0.05, 0) is 68.6 Å². The number of benzene rings is 1. The molecule has 4 nitrogen and oxygen atoms in total. The molecular weight excluding hydrogens is 312 g/mol. The summed E-state index contributed by atoms with van der Waals surface area (Å²) in [5, 5.41) is 19.9. The average Bonchev–Trinajstić information content (AvgIpc) is 3.01. The smallest absolute Gasteiger partial charge is 0.0802 e. The molecule has 1 aromatic rings. The quantitative estimate of drug-likeness (QED) is 0.864. The minimum absolute atomic E-state index is 0.507. The standard InChI is InChI=1S/C21H32N2O2/c1-14-4-3-5-19(15(14)2)22-8-6-18(7-9-22)23-12-16-10-20(24)21(25)11-17(16)13-23/h3-5,16-18,20-21,24-25H,6-13H2,1-2H3/t16-,17+,20+,21-. The fraction of sp³-hybridized carbons (Fsp3) is 0.714. The molecule has 4 heteroatoms. The molecule has 4 atom stereocenters. The van der Waals surface area contributed by atoms with E-state index in [9.17, 15) is 10.2 Å². The topological polar surface area (TPSA) is 46.9 Å². The van der Waals surface area contributed by atoms with Crippen LogP contribution in [-0.4, -0.2) is 59.5 Å². The number of rotatable bonds is 2. The van der Waals surface area contributed by atoms with Crippen LogP contribution in [0.1, 0.15) is 36.8 Å². The molecule has 0 unspecified atom stereocenters. The summed E-state index contributed by atoms with van der Waals surface area (Å²) >= 11 is 0. The van der Waals surface area contributed by atoms with Crippen LogP contribution < -0.4 is 4.90 Å². The van der Waals surface area contributed by atoms with E-state index in [-0.39, 0.29) is 0 Å².